The van der Waals surface area contributed by atoms with Crippen LogP contribution >= 0.6 is 0 Å². The lowest BCUT2D eigenvalue weighted by molar-refractivity contribution is -0.128. The van der Waals surface area contributed by atoms with Crippen LogP contribution in [0, 0.1) is 0 Å². The zero-order chi connectivity index (χ0) is 26.0. The molecule has 2 aromatic heterocycles. The van der Waals surface area contributed by atoms with Gasteiger partial charge >= 0.3 is 0 Å². The second-order valence-electron chi connectivity index (χ2n) is 9.45. The molecule has 10 heteroatoms. The third kappa shape index (κ3) is 4.95. The monoisotopic (exact) mass is 500 g/mol. The van der Waals surface area contributed by atoms with Crippen molar-refractivity contribution in [2.24, 2.45) is 0 Å². The van der Waals surface area contributed by atoms with Crippen molar-refractivity contribution in [3.05, 3.63) is 72.6 Å². The first-order valence-electron chi connectivity index (χ1n) is 12.1. The maximum atomic E-state index is 14.1. The van der Waals surface area contributed by atoms with Crippen LogP contribution in [-0.2, 0) is 16.1 Å². The fourth-order valence-electron chi connectivity index (χ4n) is 4.16. The van der Waals surface area contributed by atoms with Gasteiger partial charge in [-0.1, -0.05) is 24.3 Å². The number of rotatable bonds is 8. The van der Waals surface area contributed by atoms with E-state index < -0.39 is 11.6 Å². The number of benzene rings is 2. The van der Waals surface area contributed by atoms with E-state index in [1.54, 1.807) is 42.7 Å². The molecular weight excluding hydrogens is 472 g/mol. The fraction of sp³-hybridized carbons (Fsp3) is 0.296. The molecule has 0 aliphatic carbocycles. The van der Waals surface area contributed by atoms with Crippen LogP contribution in [0.4, 0.5) is 5.69 Å². The topological polar surface area (TPSA) is 111 Å². The van der Waals surface area contributed by atoms with Gasteiger partial charge in [0, 0.05) is 29.7 Å². The SMILES string of the molecule is CCC(C)(C)NC(=O)[C@@H](c1ccncc1)N(C(=O)Cn1nnc2ccccc21)c1ccc2c(c1)OCO2. The van der Waals surface area contributed by atoms with Crippen molar-refractivity contribution in [3.63, 3.8) is 0 Å². The molecule has 0 saturated heterocycles. The van der Waals surface area contributed by atoms with E-state index in [1.807, 2.05) is 45.0 Å². The largest absolute Gasteiger partial charge is 0.454 e. The number of carbonyl (C=O) groups excluding carboxylic acids is 2. The predicted molar refractivity (Wildman–Crippen MR) is 137 cm³/mol. The van der Waals surface area contributed by atoms with Crippen molar-refractivity contribution >= 4 is 28.5 Å². The van der Waals surface area contributed by atoms with Crippen LogP contribution in [0.1, 0.15) is 38.8 Å². The van der Waals surface area contributed by atoms with Gasteiger partial charge in [-0.05, 0) is 62.2 Å². The van der Waals surface area contributed by atoms with Crippen molar-refractivity contribution in [2.75, 3.05) is 11.7 Å². The van der Waals surface area contributed by atoms with Crippen LogP contribution in [0.25, 0.3) is 11.0 Å². The highest BCUT2D eigenvalue weighted by molar-refractivity contribution is 6.02. The molecule has 0 bridgehead atoms. The van der Waals surface area contributed by atoms with Crippen molar-refractivity contribution in [1.29, 1.82) is 0 Å². The summed E-state index contributed by atoms with van der Waals surface area (Å²) in [7, 11) is 0. The number of pyridine rings is 1. The highest BCUT2D eigenvalue weighted by Gasteiger charge is 2.36. The smallest absolute Gasteiger partial charge is 0.249 e. The lowest BCUT2D eigenvalue weighted by atomic mass is 9.98. The van der Waals surface area contributed by atoms with Gasteiger partial charge in [0.05, 0.1) is 5.52 Å². The average Bonchev–Trinajstić information content (AvgIpc) is 3.54. The minimum Gasteiger partial charge on any atom is -0.454 e. The molecule has 0 radical (unpaired) electrons. The zero-order valence-corrected chi connectivity index (χ0v) is 20.9. The van der Waals surface area contributed by atoms with Crippen LogP contribution < -0.4 is 19.7 Å². The van der Waals surface area contributed by atoms with E-state index >= 15 is 0 Å². The van der Waals surface area contributed by atoms with Crippen LogP contribution in [0.15, 0.2) is 67.0 Å². The molecule has 10 nitrogen and oxygen atoms in total. The second kappa shape index (κ2) is 9.88. The Balaban J connectivity index is 1.60. The highest BCUT2D eigenvalue weighted by Crippen LogP contribution is 2.38. The Morgan fingerprint density at radius 1 is 1.08 bits per heavy atom. The molecule has 0 spiro atoms. The van der Waals surface area contributed by atoms with Crippen molar-refractivity contribution in [1.82, 2.24) is 25.3 Å². The molecule has 3 heterocycles. The summed E-state index contributed by atoms with van der Waals surface area (Å²) < 4.78 is 12.6. The van der Waals surface area contributed by atoms with E-state index in [-0.39, 0.29) is 25.2 Å². The number of carbonyl (C=O) groups is 2. The molecule has 2 aromatic carbocycles. The van der Waals surface area contributed by atoms with E-state index in [9.17, 15) is 9.59 Å². The van der Waals surface area contributed by atoms with Crippen LogP contribution in [0.5, 0.6) is 11.5 Å². The van der Waals surface area contributed by atoms with Gasteiger partial charge in [0.1, 0.15) is 18.1 Å². The summed E-state index contributed by atoms with van der Waals surface area (Å²) in [4.78, 5) is 33.5. The van der Waals surface area contributed by atoms with Gasteiger partial charge in [-0.15, -0.1) is 5.10 Å². The Morgan fingerprint density at radius 3 is 2.62 bits per heavy atom. The van der Waals surface area contributed by atoms with Crippen LogP contribution in [0.3, 0.4) is 0 Å². The molecule has 1 atom stereocenters. The van der Waals surface area contributed by atoms with E-state index in [1.165, 1.54) is 9.58 Å². The van der Waals surface area contributed by atoms with Crippen molar-refractivity contribution < 1.29 is 19.1 Å². The first-order valence-corrected chi connectivity index (χ1v) is 12.1. The summed E-state index contributed by atoms with van der Waals surface area (Å²) in [5, 5.41) is 11.5. The number of nitrogens with one attached hydrogen (secondary N) is 1. The zero-order valence-electron chi connectivity index (χ0n) is 20.9. The van der Waals surface area contributed by atoms with E-state index in [4.69, 9.17) is 9.47 Å². The number of fused-ring (bicyclic) bond motifs is 2. The maximum Gasteiger partial charge on any atom is 0.249 e. The Kier molecular flexibility index (Phi) is 6.47. The third-order valence-electron chi connectivity index (χ3n) is 6.48. The molecule has 1 N–H and O–H groups in total. The number of anilines is 1. The summed E-state index contributed by atoms with van der Waals surface area (Å²) in [6, 6.07) is 15.1. The lowest BCUT2D eigenvalue weighted by Crippen LogP contribution is -2.51. The number of hydrogen-bond donors (Lipinski definition) is 1. The first kappa shape index (κ1) is 24.2. The molecule has 0 unspecified atom stereocenters. The fourth-order valence-corrected chi connectivity index (χ4v) is 4.16. The van der Waals surface area contributed by atoms with Gasteiger partial charge in [0.25, 0.3) is 0 Å². The average molecular weight is 501 g/mol. The predicted octanol–water partition coefficient (Wildman–Crippen LogP) is 3.63. The molecule has 4 aromatic rings. The van der Waals surface area contributed by atoms with E-state index in [0.29, 0.717) is 34.7 Å². The Labute approximate surface area is 214 Å². The molecule has 37 heavy (non-hydrogen) atoms. The highest BCUT2D eigenvalue weighted by atomic mass is 16.7. The summed E-state index contributed by atoms with van der Waals surface area (Å²) in [6.07, 6.45) is 3.92. The number of para-hydroxylation sites is 1. The normalized spacial score (nSPS) is 13.4. The minimum atomic E-state index is -0.975. The molecule has 2 amide bonds. The Bertz CT molecular complexity index is 1440. The number of hydrogen-bond acceptors (Lipinski definition) is 7. The molecule has 5 rings (SSSR count). The Morgan fingerprint density at radius 2 is 1.84 bits per heavy atom. The Hall–Kier alpha value is -4.47. The summed E-state index contributed by atoms with van der Waals surface area (Å²) in [5.74, 6) is 0.424. The van der Waals surface area contributed by atoms with Crippen molar-refractivity contribution in [3.8, 4) is 11.5 Å². The van der Waals surface area contributed by atoms with Gasteiger partial charge in [-0.25, -0.2) is 4.68 Å². The number of nitrogens with zero attached hydrogens (tertiary/aromatic N) is 5. The third-order valence-corrected chi connectivity index (χ3v) is 6.48. The van der Waals surface area contributed by atoms with Crippen LogP contribution in [0.2, 0.25) is 0 Å². The van der Waals surface area contributed by atoms with Crippen LogP contribution in [-0.4, -0.2) is 44.1 Å². The maximum absolute atomic E-state index is 14.1. The van der Waals surface area contributed by atoms with Gasteiger partial charge < -0.3 is 14.8 Å². The number of ether oxygens (including phenoxy) is 2. The summed E-state index contributed by atoms with van der Waals surface area (Å²) in [6.45, 7) is 5.86. The first-order chi connectivity index (χ1) is 17.9. The molecule has 0 saturated carbocycles. The van der Waals surface area contributed by atoms with Gasteiger partial charge in [-0.2, -0.15) is 0 Å². The lowest BCUT2D eigenvalue weighted by Gasteiger charge is -2.34. The van der Waals surface area contributed by atoms with Gasteiger partial charge in [0.2, 0.25) is 18.6 Å². The summed E-state index contributed by atoms with van der Waals surface area (Å²) >= 11 is 0. The second-order valence-corrected chi connectivity index (χ2v) is 9.45. The molecule has 0 fully saturated rings. The van der Waals surface area contributed by atoms with Gasteiger partial charge in [0.15, 0.2) is 11.5 Å². The molecule has 190 valence electrons. The number of amides is 2. The summed E-state index contributed by atoms with van der Waals surface area (Å²) in [5.41, 5.74) is 2.03. The minimum absolute atomic E-state index is 0.0939. The van der Waals surface area contributed by atoms with E-state index in [0.717, 1.165) is 5.52 Å². The number of aromatic nitrogens is 4. The quantitative estimate of drug-likeness (QED) is 0.393. The van der Waals surface area contributed by atoms with Crippen molar-refractivity contribution in [2.45, 2.75) is 45.3 Å². The molecule has 1 aliphatic heterocycles. The molecule has 1 aliphatic rings. The van der Waals surface area contributed by atoms with Gasteiger partial charge in [-0.3, -0.25) is 19.5 Å². The molecular formula is C27H28N6O4. The van der Waals surface area contributed by atoms with E-state index in [2.05, 4.69) is 20.6 Å². The standard InChI is InChI=1S/C27H28N6O4/c1-4-27(2,3)29-26(35)25(18-11-13-28-14-12-18)33(19-9-10-22-23(15-19)37-17-36-22)24(34)16-32-21-8-6-5-7-20(21)30-31-32/h5-15,25H,4,16-17H2,1-3H3,(H,29,35)/t25-/m1/s1.